The number of ether oxygens (including phenoxy) is 2. The Bertz CT molecular complexity index is 423. The molecule has 4 nitrogen and oxygen atoms in total. The molecular formula is C12H12O4. The Hall–Kier alpha value is -1.97. The second-order valence-corrected chi connectivity index (χ2v) is 3.40. The highest BCUT2D eigenvalue weighted by molar-refractivity contribution is 5.70. The third-order valence-corrected chi connectivity index (χ3v) is 2.17. The van der Waals surface area contributed by atoms with Gasteiger partial charge in [-0.3, -0.25) is 4.79 Å². The zero-order chi connectivity index (χ0) is 11.4. The molecule has 0 radical (unpaired) electrons. The first-order valence-corrected chi connectivity index (χ1v) is 5.04. The van der Waals surface area contributed by atoms with Crippen molar-refractivity contribution < 1.29 is 19.4 Å². The summed E-state index contributed by atoms with van der Waals surface area (Å²) in [5, 5.41) is 8.49. The van der Waals surface area contributed by atoms with Gasteiger partial charge in [0.2, 0.25) is 0 Å². The van der Waals surface area contributed by atoms with Gasteiger partial charge in [0, 0.05) is 0 Å². The van der Waals surface area contributed by atoms with Crippen molar-refractivity contribution in [1.29, 1.82) is 0 Å². The highest BCUT2D eigenvalue weighted by Crippen LogP contribution is 2.31. The average molecular weight is 220 g/mol. The average Bonchev–Trinajstić information content (AvgIpc) is 2.28. The number of aliphatic carboxylic acids is 1. The first kappa shape index (κ1) is 10.5. The van der Waals surface area contributed by atoms with Crippen LogP contribution in [0.25, 0.3) is 6.08 Å². The van der Waals surface area contributed by atoms with E-state index >= 15 is 0 Å². The second-order valence-electron chi connectivity index (χ2n) is 3.40. The van der Waals surface area contributed by atoms with Gasteiger partial charge < -0.3 is 14.6 Å². The summed E-state index contributed by atoms with van der Waals surface area (Å²) in [5.74, 6) is 0.610. The Labute approximate surface area is 93.1 Å². The number of carbonyl (C=O) groups is 1. The molecule has 0 bridgehead atoms. The van der Waals surface area contributed by atoms with Gasteiger partial charge in [0.25, 0.3) is 0 Å². The Morgan fingerprint density at radius 2 is 2.06 bits per heavy atom. The van der Waals surface area contributed by atoms with E-state index in [9.17, 15) is 4.79 Å². The van der Waals surface area contributed by atoms with E-state index in [-0.39, 0.29) is 6.42 Å². The quantitative estimate of drug-likeness (QED) is 0.845. The number of fused-ring (bicyclic) bond motifs is 1. The van der Waals surface area contributed by atoms with Crippen LogP contribution >= 0.6 is 0 Å². The maximum atomic E-state index is 10.3. The van der Waals surface area contributed by atoms with Crippen LogP contribution in [0.2, 0.25) is 0 Å². The number of hydrogen-bond donors (Lipinski definition) is 1. The molecule has 84 valence electrons. The molecule has 1 aromatic rings. The Balaban J connectivity index is 2.11. The van der Waals surface area contributed by atoms with Crippen molar-refractivity contribution in [3.05, 3.63) is 29.8 Å². The van der Waals surface area contributed by atoms with Crippen LogP contribution in [-0.4, -0.2) is 24.3 Å². The Morgan fingerprint density at radius 1 is 1.31 bits per heavy atom. The Morgan fingerprint density at radius 3 is 2.81 bits per heavy atom. The van der Waals surface area contributed by atoms with Gasteiger partial charge in [-0.1, -0.05) is 18.2 Å². The van der Waals surface area contributed by atoms with Crippen molar-refractivity contribution in [1.82, 2.24) is 0 Å². The third-order valence-electron chi connectivity index (χ3n) is 2.17. The van der Waals surface area contributed by atoms with Gasteiger partial charge in [-0.15, -0.1) is 0 Å². The van der Waals surface area contributed by atoms with E-state index in [4.69, 9.17) is 14.6 Å². The summed E-state index contributed by atoms with van der Waals surface area (Å²) in [6.45, 7) is 1.12. The summed E-state index contributed by atoms with van der Waals surface area (Å²) in [4.78, 5) is 10.3. The van der Waals surface area contributed by atoms with E-state index in [0.717, 1.165) is 11.3 Å². The topological polar surface area (TPSA) is 55.8 Å². The lowest BCUT2D eigenvalue weighted by Crippen LogP contribution is -2.15. The molecule has 1 N–H and O–H groups in total. The van der Waals surface area contributed by atoms with Gasteiger partial charge >= 0.3 is 5.97 Å². The summed E-state index contributed by atoms with van der Waals surface area (Å²) in [6.07, 6.45) is 3.38. The molecule has 1 heterocycles. The number of hydrogen-bond acceptors (Lipinski definition) is 3. The molecule has 0 saturated carbocycles. The van der Waals surface area contributed by atoms with Crippen molar-refractivity contribution in [2.45, 2.75) is 6.42 Å². The van der Waals surface area contributed by atoms with Crippen LogP contribution in [0, 0.1) is 0 Å². The molecule has 1 aromatic carbocycles. The first-order chi connectivity index (χ1) is 7.75. The fraction of sp³-hybridized carbons (Fsp3) is 0.250. The van der Waals surface area contributed by atoms with Gasteiger partial charge in [0.1, 0.15) is 13.2 Å². The van der Waals surface area contributed by atoms with E-state index in [0.29, 0.717) is 19.0 Å². The molecule has 0 atom stereocenters. The summed E-state index contributed by atoms with van der Waals surface area (Å²) in [5.41, 5.74) is 0.908. The van der Waals surface area contributed by atoms with Crippen LogP contribution in [0.15, 0.2) is 24.3 Å². The smallest absolute Gasteiger partial charge is 0.307 e. The summed E-state index contributed by atoms with van der Waals surface area (Å²) < 4.78 is 10.8. The largest absolute Gasteiger partial charge is 0.486 e. The molecule has 0 saturated heterocycles. The molecule has 0 unspecified atom stereocenters. The van der Waals surface area contributed by atoms with Crippen molar-refractivity contribution in [3.8, 4) is 11.5 Å². The van der Waals surface area contributed by atoms with Crippen molar-refractivity contribution in [2.24, 2.45) is 0 Å². The van der Waals surface area contributed by atoms with Crippen LogP contribution in [0.5, 0.6) is 11.5 Å². The van der Waals surface area contributed by atoms with E-state index < -0.39 is 5.97 Å². The summed E-state index contributed by atoms with van der Waals surface area (Å²) >= 11 is 0. The molecule has 2 rings (SSSR count). The minimum Gasteiger partial charge on any atom is -0.486 e. The molecule has 1 aliphatic heterocycles. The molecule has 16 heavy (non-hydrogen) atoms. The normalized spacial score (nSPS) is 14.0. The predicted octanol–water partition coefficient (Wildman–Crippen LogP) is 1.95. The summed E-state index contributed by atoms with van der Waals surface area (Å²) in [7, 11) is 0. The highest BCUT2D eigenvalue weighted by atomic mass is 16.6. The maximum Gasteiger partial charge on any atom is 0.307 e. The van der Waals surface area contributed by atoms with Gasteiger partial charge in [-0.2, -0.15) is 0 Å². The van der Waals surface area contributed by atoms with Crippen LogP contribution in [-0.2, 0) is 4.79 Å². The maximum absolute atomic E-state index is 10.3. The van der Waals surface area contributed by atoms with Gasteiger partial charge in [-0.05, 0) is 17.7 Å². The molecule has 0 aromatic heterocycles. The minimum atomic E-state index is -0.839. The van der Waals surface area contributed by atoms with E-state index in [1.54, 1.807) is 12.2 Å². The van der Waals surface area contributed by atoms with E-state index in [1.807, 2.05) is 18.2 Å². The molecule has 0 spiro atoms. The zero-order valence-corrected chi connectivity index (χ0v) is 8.68. The zero-order valence-electron chi connectivity index (χ0n) is 8.68. The number of rotatable bonds is 3. The van der Waals surface area contributed by atoms with Crippen molar-refractivity contribution in [3.63, 3.8) is 0 Å². The molecular weight excluding hydrogens is 208 g/mol. The second kappa shape index (κ2) is 4.70. The molecule has 0 aliphatic carbocycles. The predicted molar refractivity (Wildman–Crippen MR) is 58.7 cm³/mol. The van der Waals surface area contributed by atoms with Crippen LogP contribution in [0.4, 0.5) is 0 Å². The van der Waals surface area contributed by atoms with E-state index in [1.165, 1.54) is 0 Å². The first-order valence-electron chi connectivity index (χ1n) is 5.04. The number of carboxylic acid groups (broad SMARTS) is 1. The summed E-state index contributed by atoms with van der Waals surface area (Å²) in [6, 6.07) is 5.54. The van der Waals surface area contributed by atoms with Crippen LogP contribution in [0.3, 0.4) is 0 Å². The molecule has 1 aliphatic rings. The third kappa shape index (κ3) is 2.53. The number of carboxylic acids is 1. The lowest BCUT2D eigenvalue weighted by atomic mass is 10.1. The molecule has 4 heteroatoms. The SMILES string of the molecule is O=C(O)CC=Cc1ccc2c(c1)OCCO2. The fourth-order valence-electron chi connectivity index (χ4n) is 1.46. The van der Waals surface area contributed by atoms with Crippen molar-refractivity contribution >= 4 is 12.0 Å². The monoisotopic (exact) mass is 220 g/mol. The van der Waals surface area contributed by atoms with Gasteiger partial charge in [-0.25, -0.2) is 0 Å². The lowest BCUT2D eigenvalue weighted by molar-refractivity contribution is -0.135. The van der Waals surface area contributed by atoms with Gasteiger partial charge in [0.05, 0.1) is 6.42 Å². The van der Waals surface area contributed by atoms with Gasteiger partial charge in [0.15, 0.2) is 11.5 Å². The molecule has 0 amide bonds. The number of benzene rings is 1. The lowest BCUT2D eigenvalue weighted by Gasteiger charge is -2.18. The van der Waals surface area contributed by atoms with E-state index in [2.05, 4.69) is 0 Å². The Kier molecular flexibility index (Phi) is 3.10. The van der Waals surface area contributed by atoms with Crippen molar-refractivity contribution in [2.75, 3.05) is 13.2 Å². The van der Waals surface area contributed by atoms with Crippen LogP contribution in [0.1, 0.15) is 12.0 Å². The standard InChI is InChI=1S/C12H12O4/c13-12(14)3-1-2-9-4-5-10-11(8-9)16-7-6-15-10/h1-2,4-5,8H,3,6-7H2,(H,13,14). The minimum absolute atomic E-state index is 0.0223. The molecule has 0 fully saturated rings. The fourth-order valence-corrected chi connectivity index (χ4v) is 1.46. The van der Waals surface area contributed by atoms with Crippen LogP contribution < -0.4 is 9.47 Å². The highest BCUT2D eigenvalue weighted by Gasteiger charge is 2.10.